The van der Waals surface area contributed by atoms with Crippen molar-refractivity contribution in [2.75, 3.05) is 0 Å². The Bertz CT molecular complexity index is 429. The van der Waals surface area contributed by atoms with E-state index in [2.05, 4.69) is 0 Å². The fourth-order valence-electron chi connectivity index (χ4n) is 3.81. The molecule has 6 heteroatoms. The highest BCUT2D eigenvalue weighted by Gasteiger charge is 2.76. The SMILES string of the molecule is CC(C)CC12C=CC(C1)C(C(F)(F)F)C2(F)C(=O)O. The van der Waals surface area contributed by atoms with Gasteiger partial charge in [0.1, 0.15) is 5.92 Å². The van der Waals surface area contributed by atoms with Crippen molar-refractivity contribution in [2.24, 2.45) is 23.2 Å². The van der Waals surface area contributed by atoms with Crippen molar-refractivity contribution in [3.8, 4) is 0 Å². The number of carbonyl (C=O) groups is 1. The first-order valence-corrected chi connectivity index (χ1v) is 6.23. The molecule has 2 aliphatic carbocycles. The Morgan fingerprint density at radius 2 is 2.05 bits per heavy atom. The molecule has 0 aromatic rings. The molecule has 4 atom stereocenters. The molecule has 108 valence electrons. The van der Waals surface area contributed by atoms with Gasteiger partial charge in [0.05, 0.1) is 0 Å². The molecule has 0 radical (unpaired) electrons. The van der Waals surface area contributed by atoms with Gasteiger partial charge in [-0.2, -0.15) is 13.2 Å². The van der Waals surface area contributed by atoms with E-state index in [1.165, 1.54) is 12.2 Å². The van der Waals surface area contributed by atoms with Crippen molar-refractivity contribution in [1.29, 1.82) is 0 Å². The summed E-state index contributed by atoms with van der Waals surface area (Å²) in [6.45, 7) is 3.50. The molecule has 0 aromatic heterocycles. The molecule has 0 heterocycles. The molecular formula is C13H16F4O2. The first kappa shape index (κ1) is 14.3. The standard InChI is InChI=1S/C13H16F4O2/c1-7(2)5-11-4-3-8(6-11)9(13(15,16)17)12(11,14)10(18)19/h3-4,7-9H,5-6H2,1-2H3,(H,18,19). The van der Waals surface area contributed by atoms with E-state index in [0.29, 0.717) is 0 Å². The van der Waals surface area contributed by atoms with Crippen LogP contribution in [0.1, 0.15) is 26.7 Å². The fourth-order valence-corrected chi connectivity index (χ4v) is 3.81. The van der Waals surface area contributed by atoms with E-state index < -0.39 is 35.1 Å². The Kier molecular flexibility index (Phi) is 2.99. The maximum Gasteiger partial charge on any atom is 0.396 e. The zero-order valence-electron chi connectivity index (χ0n) is 10.7. The molecule has 0 amide bonds. The Labute approximate surface area is 108 Å². The van der Waals surface area contributed by atoms with E-state index in [-0.39, 0.29) is 18.8 Å². The zero-order chi connectivity index (χ0) is 14.6. The summed E-state index contributed by atoms with van der Waals surface area (Å²) in [7, 11) is 0. The minimum absolute atomic E-state index is 0.0713. The number of hydrogen-bond acceptors (Lipinski definition) is 1. The fraction of sp³-hybridized carbons (Fsp3) is 0.769. The number of hydrogen-bond donors (Lipinski definition) is 1. The van der Waals surface area contributed by atoms with Crippen LogP contribution in [0.15, 0.2) is 12.2 Å². The van der Waals surface area contributed by atoms with Crippen LogP contribution in [0.2, 0.25) is 0 Å². The predicted molar refractivity (Wildman–Crippen MR) is 60.2 cm³/mol. The number of alkyl halides is 4. The maximum absolute atomic E-state index is 14.9. The Morgan fingerprint density at radius 1 is 1.47 bits per heavy atom. The van der Waals surface area contributed by atoms with Crippen molar-refractivity contribution in [3.63, 3.8) is 0 Å². The van der Waals surface area contributed by atoms with Gasteiger partial charge >= 0.3 is 12.1 Å². The number of allylic oxidation sites excluding steroid dienone is 2. The zero-order valence-corrected chi connectivity index (χ0v) is 10.7. The Morgan fingerprint density at radius 3 is 2.47 bits per heavy atom. The molecule has 0 aliphatic heterocycles. The molecule has 2 bridgehead atoms. The summed E-state index contributed by atoms with van der Waals surface area (Å²) in [5.74, 6) is -5.59. The highest BCUT2D eigenvalue weighted by Crippen LogP contribution is 2.66. The number of aliphatic carboxylic acids is 1. The van der Waals surface area contributed by atoms with Crippen LogP contribution < -0.4 is 0 Å². The van der Waals surface area contributed by atoms with Gasteiger partial charge in [-0.1, -0.05) is 26.0 Å². The molecule has 4 unspecified atom stereocenters. The van der Waals surface area contributed by atoms with Gasteiger partial charge in [0, 0.05) is 5.41 Å². The lowest BCUT2D eigenvalue weighted by Crippen LogP contribution is -2.56. The lowest BCUT2D eigenvalue weighted by molar-refractivity contribution is -0.227. The smallest absolute Gasteiger partial charge is 0.396 e. The van der Waals surface area contributed by atoms with Gasteiger partial charge in [0.25, 0.3) is 0 Å². The third-order valence-corrected chi connectivity index (χ3v) is 4.28. The van der Waals surface area contributed by atoms with E-state index in [1.807, 2.05) is 0 Å². The normalized spacial score (nSPS) is 41.2. The van der Waals surface area contributed by atoms with E-state index >= 15 is 0 Å². The summed E-state index contributed by atoms with van der Waals surface area (Å²) < 4.78 is 54.1. The molecule has 0 saturated heterocycles. The average molecular weight is 280 g/mol. The molecular weight excluding hydrogens is 264 g/mol. The summed E-state index contributed by atoms with van der Waals surface area (Å²) in [4.78, 5) is 11.2. The molecule has 2 rings (SSSR count). The first-order chi connectivity index (χ1) is 8.54. The van der Waals surface area contributed by atoms with E-state index in [9.17, 15) is 22.4 Å². The number of fused-ring (bicyclic) bond motifs is 2. The van der Waals surface area contributed by atoms with Gasteiger partial charge < -0.3 is 5.11 Å². The van der Waals surface area contributed by atoms with Gasteiger partial charge in [-0.3, -0.25) is 0 Å². The number of halogens is 4. The topological polar surface area (TPSA) is 37.3 Å². The molecule has 0 spiro atoms. The summed E-state index contributed by atoms with van der Waals surface area (Å²) >= 11 is 0. The van der Waals surface area contributed by atoms with Gasteiger partial charge in [-0.25, -0.2) is 9.18 Å². The third-order valence-electron chi connectivity index (χ3n) is 4.28. The van der Waals surface area contributed by atoms with Crippen LogP contribution in [0, 0.1) is 23.2 Å². The second kappa shape index (κ2) is 3.96. The maximum atomic E-state index is 14.9. The van der Waals surface area contributed by atoms with Gasteiger partial charge in [0.15, 0.2) is 0 Å². The number of carboxylic acids is 1. The molecule has 1 fully saturated rings. The van der Waals surface area contributed by atoms with Crippen LogP contribution in [0.25, 0.3) is 0 Å². The van der Waals surface area contributed by atoms with Gasteiger partial charge in [-0.15, -0.1) is 0 Å². The van der Waals surface area contributed by atoms with E-state index in [0.717, 1.165) is 0 Å². The average Bonchev–Trinajstić information content (AvgIpc) is 2.68. The molecule has 2 aliphatic rings. The van der Waals surface area contributed by atoms with Crippen LogP contribution in [0.3, 0.4) is 0 Å². The minimum Gasteiger partial charge on any atom is -0.479 e. The molecule has 1 saturated carbocycles. The predicted octanol–water partition coefficient (Wildman–Crippen LogP) is 3.58. The van der Waals surface area contributed by atoms with Crippen LogP contribution in [-0.4, -0.2) is 22.9 Å². The second-order valence-electron chi connectivity index (χ2n) is 6.02. The Hall–Kier alpha value is -1.07. The van der Waals surface area contributed by atoms with E-state index in [1.54, 1.807) is 13.8 Å². The van der Waals surface area contributed by atoms with Crippen molar-refractivity contribution in [1.82, 2.24) is 0 Å². The largest absolute Gasteiger partial charge is 0.479 e. The van der Waals surface area contributed by atoms with E-state index in [4.69, 9.17) is 5.11 Å². The molecule has 1 N–H and O–H groups in total. The molecule has 2 nitrogen and oxygen atoms in total. The van der Waals surface area contributed by atoms with Crippen LogP contribution in [0.4, 0.5) is 17.6 Å². The molecule has 0 aromatic carbocycles. The summed E-state index contributed by atoms with van der Waals surface area (Å²) in [6.07, 6.45) is -2.12. The highest BCUT2D eigenvalue weighted by atomic mass is 19.4. The summed E-state index contributed by atoms with van der Waals surface area (Å²) in [6, 6.07) is 0. The lowest BCUT2D eigenvalue weighted by Gasteiger charge is -2.40. The van der Waals surface area contributed by atoms with Crippen LogP contribution in [0.5, 0.6) is 0 Å². The Balaban J connectivity index is 2.53. The van der Waals surface area contributed by atoms with Gasteiger partial charge in [-0.05, 0) is 24.7 Å². The highest BCUT2D eigenvalue weighted by molar-refractivity contribution is 5.81. The first-order valence-electron chi connectivity index (χ1n) is 6.23. The van der Waals surface area contributed by atoms with Crippen LogP contribution >= 0.6 is 0 Å². The second-order valence-corrected chi connectivity index (χ2v) is 6.02. The summed E-state index contributed by atoms with van der Waals surface area (Å²) in [5, 5.41) is 9.10. The molecule has 19 heavy (non-hydrogen) atoms. The van der Waals surface area contributed by atoms with Crippen molar-refractivity contribution < 1.29 is 27.5 Å². The number of rotatable bonds is 3. The monoisotopic (exact) mass is 280 g/mol. The van der Waals surface area contributed by atoms with Gasteiger partial charge in [0.2, 0.25) is 5.67 Å². The van der Waals surface area contributed by atoms with Crippen molar-refractivity contribution >= 4 is 5.97 Å². The van der Waals surface area contributed by atoms with Crippen LogP contribution in [-0.2, 0) is 4.79 Å². The number of carboxylic acid groups (broad SMARTS) is 1. The minimum atomic E-state index is -4.85. The third kappa shape index (κ3) is 1.79. The quantitative estimate of drug-likeness (QED) is 0.633. The summed E-state index contributed by atoms with van der Waals surface area (Å²) in [5.41, 5.74) is -4.78. The lowest BCUT2D eigenvalue weighted by atomic mass is 9.67. The van der Waals surface area contributed by atoms with Crippen molar-refractivity contribution in [2.45, 2.75) is 38.5 Å². The van der Waals surface area contributed by atoms with Crippen molar-refractivity contribution in [3.05, 3.63) is 12.2 Å².